The molecule has 0 radical (unpaired) electrons. The number of hydrogen-bond donors (Lipinski definition) is 2. The van der Waals surface area contributed by atoms with E-state index in [1.165, 1.54) is 11.1 Å². The van der Waals surface area contributed by atoms with Crippen LogP contribution in [0.4, 0.5) is 16.2 Å². The van der Waals surface area contributed by atoms with Crippen LogP contribution in [0.25, 0.3) is 0 Å². The van der Waals surface area contributed by atoms with E-state index in [1.54, 1.807) is 0 Å². The van der Waals surface area contributed by atoms with Crippen molar-refractivity contribution in [2.24, 2.45) is 0 Å². The molecule has 1 aromatic carbocycles. The lowest BCUT2D eigenvalue weighted by molar-refractivity contribution is -0.384. The fraction of sp³-hybridized carbons (Fsp3) is 0.353. The number of benzene rings is 1. The van der Waals surface area contributed by atoms with E-state index in [1.807, 2.05) is 4.72 Å². The summed E-state index contributed by atoms with van der Waals surface area (Å²) in [6.07, 6.45) is 7.52. The molecule has 27 heavy (non-hydrogen) atoms. The van der Waals surface area contributed by atoms with Gasteiger partial charge in [0.2, 0.25) is 0 Å². The zero-order valence-corrected chi connectivity index (χ0v) is 15.2. The number of aromatic nitrogens is 1. The first-order chi connectivity index (χ1) is 12.8. The van der Waals surface area contributed by atoms with Crippen LogP contribution in [0.1, 0.15) is 35.1 Å². The predicted molar refractivity (Wildman–Crippen MR) is 98.1 cm³/mol. The fourth-order valence-electron chi connectivity index (χ4n) is 3.90. The Kier molecular flexibility index (Phi) is 4.14. The molecule has 4 rings (SSSR count). The molecule has 2 aromatic rings. The molecule has 0 atom stereocenters. The lowest BCUT2D eigenvalue weighted by Gasteiger charge is -2.16. The number of nitro groups is 1. The molecule has 0 fully saturated rings. The maximum atomic E-state index is 12.4. The third-order valence-corrected chi connectivity index (χ3v) is 6.30. The van der Waals surface area contributed by atoms with Crippen molar-refractivity contribution in [3.63, 3.8) is 0 Å². The quantitative estimate of drug-likeness (QED) is 0.612. The minimum Gasteiger partial charge on any atom is -0.307 e. The molecule has 1 aromatic heterocycles. The van der Waals surface area contributed by atoms with Gasteiger partial charge >= 0.3 is 16.2 Å². The normalized spacial score (nSPS) is 15.3. The van der Waals surface area contributed by atoms with Crippen molar-refractivity contribution in [1.82, 2.24) is 8.69 Å². The van der Waals surface area contributed by atoms with Crippen LogP contribution in [0.2, 0.25) is 0 Å². The Bertz CT molecular complexity index is 1030. The predicted octanol–water partition coefficient (Wildman–Crippen LogP) is 2.29. The summed E-state index contributed by atoms with van der Waals surface area (Å²) >= 11 is 0. The van der Waals surface area contributed by atoms with Gasteiger partial charge in [0.1, 0.15) is 0 Å². The van der Waals surface area contributed by atoms with Crippen LogP contribution in [0.3, 0.4) is 0 Å². The van der Waals surface area contributed by atoms with Gasteiger partial charge in [-0.15, -0.1) is 0 Å². The van der Waals surface area contributed by atoms with Gasteiger partial charge in [0.15, 0.2) is 0 Å². The highest BCUT2D eigenvalue weighted by Gasteiger charge is 2.26. The lowest BCUT2D eigenvalue weighted by atomic mass is 9.99. The fourth-order valence-corrected chi connectivity index (χ4v) is 4.76. The summed E-state index contributed by atoms with van der Waals surface area (Å²) in [5, 5.41) is 13.4. The molecule has 0 bridgehead atoms. The molecule has 0 aliphatic heterocycles. The number of urea groups is 1. The Labute approximate surface area is 155 Å². The summed E-state index contributed by atoms with van der Waals surface area (Å²) in [5.41, 5.74) is 4.95. The number of nitrogens with zero attached hydrogens (tertiary/aromatic N) is 2. The van der Waals surface area contributed by atoms with E-state index in [0.29, 0.717) is 3.97 Å². The van der Waals surface area contributed by atoms with E-state index < -0.39 is 21.2 Å². The number of carbonyl (C=O) groups excluding carboxylic acids is 1. The van der Waals surface area contributed by atoms with Crippen LogP contribution < -0.4 is 10.0 Å². The van der Waals surface area contributed by atoms with E-state index in [2.05, 4.69) is 11.4 Å². The second-order valence-corrected chi connectivity index (χ2v) is 8.33. The van der Waals surface area contributed by atoms with Crippen LogP contribution in [0.5, 0.6) is 0 Å². The van der Waals surface area contributed by atoms with Crippen LogP contribution in [0.15, 0.2) is 24.5 Å². The maximum Gasteiger partial charge on any atom is 0.334 e. The van der Waals surface area contributed by atoms with Gasteiger partial charge in [-0.3, -0.25) is 10.1 Å². The zero-order valence-electron chi connectivity index (χ0n) is 14.4. The van der Waals surface area contributed by atoms with Gasteiger partial charge in [-0.2, -0.15) is 8.42 Å². The van der Waals surface area contributed by atoms with Crippen molar-refractivity contribution in [3.8, 4) is 0 Å². The Balaban J connectivity index is 1.57. The Morgan fingerprint density at radius 3 is 2.30 bits per heavy atom. The van der Waals surface area contributed by atoms with Crippen molar-refractivity contribution in [3.05, 3.63) is 56.9 Å². The smallest absolute Gasteiger partial charge is 0.307 e. The van der Waals surface area contributed by atoms with E-state index >= 15 is 0 Å². The first-order valence-electron chi connectivity index (χ1n) is 8.68. The van der Waals surface area contributed by atoms with Crippen molar-refractivity contribution in [2.75, 3.05) is 5.32 Å². The SMILES string of the molecule is O=C(Nc1c2c(cc3c1CCC3)CCC2)NS(=O)(=O)n1ccc([N+](=O)[O-])c1. The average Bonchev–Trinajstić information content (AvgIpc) is 3.34. The zero-order chi connectivity index (χ0) is 19.2. The molecule has 10 heteroatoms. The number of carbonyl (C=O) groups is 1. The van der Waals surface area contributed by atoms with Crippen LogP contribution >= 0.6 is 0 Å². The number of aryl methyl sites for hydroxylation is 2. The number of nitrogens with one attached hydrogen (secondary N) is 2. The molecule has 142 valence electrons. The molecule has 0 saturated carbocycles. The second kappa shape index (κ2) is 6.38. The largest absolute Gasteiger partial charge is 0.334 e. The minimum atomic E-state index is -4.27. The first-order valence-corrected chi connectivity index (χ1v) is 10.1. The van der Waals surface area contributed by atoms with Crippen molar-refractivity contribution in [1.29, 1.82) is 0 Å². The summed E-state index contributed by atoms with van der Waals surface area (Å²) in [6.45, 7) is 0. The molecule has 9 nitrogen and oxygen atoms in total. The molecule has 1 heterocycles. The van der Waals surface area contributed by atoms with Crippen LogP contribution in [-0.4, -0.2) is 23.3 Å². The molecular weight excluding hydrogens is 372 g/mol. The first kappa shape index (κ1) is 17.5. The summed E-state index contributed by atoms with van der Waals surface area (Å²) < 4.78 is 27.1. The van der Waals surface area contributed by atoms with E-state index in [-0.39, 0.29) is 5.69 Å². The number of rotatable bonds is 4. The number of anilines is 1. The summed E-state index contributed by atoms with van der Waals surface area (Å²) in [6, 6.07) is 2.39. The second-order valence-electron chi connectivity index (χ2n) is 6.75. The standard InChI is InChI=1S/C17H18N4O5S/c22-17(19-27(25,26)20-8-7-13(10-20)21(23)24)18-16-14-5-1-3-11(14)9-12-4-2-6-15(12)16/h7-10H,1-6H2,(H2,18,19,22). The topological polar surface area (TPSA) is 123 Å². The molecule has 2 aliphatic carbocycles. The summed E-state index contributed by atoms with van der Waals surface area (Å²) in [7, 11) is -4.27. The monoisotopic (exact) mass is 390 g/mol. The van der Waals surface area contributed by atoms with Gasteiger partial charge in [-0.05, 0) is 60.8 Å². The van der Waals surface area contributed by atoms with Crippen molar-refractivity contribution < 1.29 is 18.1 Å². The van der Waals surface area contributed by atoms with Gasteiger partial charge in [-0.25, -0.2) is 13.5 Å². The maximum absolute atomic E-state index is 12.4. The molecule has 2 amide bonds. The van der Waals surface area contributed by atoms with E-state index in [0.717, 1.165) is 73.8 Å². The van der Waals surface area contributed by atoms with Gasteiger partial charge in [0.25, 0.3) is 5.69 Å². The van der Waals surface area contributed by atoms with E-state index in [4.69, 9.17) is 0 Å². The third-order valence-electron chi connectivity index (χ3n) is 5.07. The molecule has 0 saturated heterocycles. The number of hydrogen-bond acceptors (Lipinski definition) is 5. The van der Waals surface area contributed by atoms with Gasteiger partial charge in [0, 0.05) is 18.0 Å². The highest BCUT2D eigenvalue weighted by atomic mass is 32.2. The molecule has 0 unspecified atom stereocenters. The highest BCUT2D eigenvalue weighted by molar-refractivity contribution is 7.88. The van der Waals surface area contributed by atoms with Gasteiger partial charge < -0.3 is 5.32 Å². The Morgan fingerprint density at radius 1 is 1.11 bits per heavy atom. The summed E-state index contributed by atoms with van der Waals surface area (Å²) in [5.74, 6) is 0. The van der Waals surface area contributed by atoms with Crippen LogP contribution in [-0.2, 0) is 35.9 Å². The van der Waals surface area contributed by atoms with Crippen molar-refractivity contribution in [2.45, 2.75) is 38.5 Å². The summed E-state index contributed by atoms with van der Waals surface area (Å²) in [4.78, 5) is 22.4. The Hall–Kier alpha value is -2.88. The lowest BCUT2D eigenvalue weighted by Crippen LogP contribution is -2.38. The third kappa shape index (κ3) is 3.16. The molecular formula is C17H18N4O5S. The molecule has 2 aliphatic rings. The Morgan fingerprint density at radius 2 is 1.74 bits per heavy atom. The van der Waals surface area contributed by atoms with Gasteiger partial charge in [0.05, 0.1) is 11.1 Å². The minimum absolute atomic E-state index is 0.375. The number of amides is 2. The van der Waals surface area contributed by atoms with Crippen molar-refractivity contribution >= 4 is 27.6 Å². The van der Waals surface area contributed by atoms with Gasteiger partial charge in [-0.1, -0.05) is 6.07 Å². The molecule has 2 N–H and O–H groups in total. The average molecular weight is 390 g/mol. The highest BCUT2D eigenvalue weighted by Crippen LogP contribution is 2.38. The van der Waals surface area contributed by atoms with Crippen LogP contribution in [0, 0.1) is 10.1 Å². The number of fused-ring (bicyclic) bond motifs is 2. The molecule has 0 spiro atoms. The van der Waals surface area contributed by atoms with E-state index in [9.17, 15) is 23.3 Å².